The van der Waals surface area contributed by atoms with E-state index in [2.05, 4.69) is 0 Å². The minimum atomic E-state index is -0.919. The number of hydrogen-bond acceptors (Lipinski definition) is 5. The van der Waals surface area contributed by atoms with Crippen molar-refractivity contribution in [2.24, 2.45) is 0 Å². The molecule has 2 unspecified atom stereocenters. The third-order valence-electron chi connectivity index (χ3n) is 4.50. The summed E-state index contributed by atoms with van der Waals surface area (Å²) in [6.45, 7) is 0. The van der Waals surface area contributed by atoms with E-state index in [1.54, 1.807) is 0 Å². The van der Waals surface area contributed by atoms with Gasteiger partial charge in [0.25, 0.3) is 5.69 Å². The molecular weight excluding hydrogens is 304 g/mol. The maximum Gasteiger partial charge on any atom is 0.407 e. The van der Waals surface area contributed by atoms with Gasteiger partial charge in [0.05, 0.1) is 10.5 Å². The van der Waals surface area contributed by atoms with Crippen molar-refractivity contribution in [3.8, 4) is 0 Å². The first kappa shape index (κ1) is 15.3. The lowest BCUT2D eigenvalue weighted by atomic mass is 10.00. The number of esters is 1. The summed E-state index contributed by atoms with van der Waals surface area (Å²) >= 11 is 0. The van der Waals surface area contributed by atoms with Gasteiger partial charge >= 0.3 is 12.1 Å². The van der Waals surface area contributed by atoms with Gasteiger partial charge in [-0.15, -0.1) is 0 Å². The smallest absolute Gasteiger partial charge is 0.407 e. The first-order chi connectivity index (χ1) is 11.0. The number of fused-ring (bicyclic) bond motifs is 2. The number of carbonyl (C=O) groups excluding carboxylic acids is 1. The van der Waals surface area contributed by atoms with E-state index in [9.17, 15) is 24.8 Å². The van der Waals surface area contributed by atoms with E-state index in [0.29, 0.717) is 12.8 Å². The number of carbonyl (C=O) groups is 2. The van der Waals surface area contributed by atoms with Crippen LogP contribution in [-0.2, 0) is 4.74 Å². The third-order valence-corrected chi connectivity index (χ3v) is 4.50. The molecule has 1 aromatic carbocycles. The molecular formula is C15H16N2O6. The molecule has 1 N–H and O–H groups in total. The van der Waals surface area contributed by atoms with Crippen LogP contribution in [0, 0.1) is 10.1 Å². The Morgan fingerprint density at radius 1 is 1.17 bits per heavy atom. The van der Waals surface area contributed by atoms with E-state index >= 15 is 0 Å². The average Bonchev–Trinajstić information content (AvgIpc) is 2.79. The lowest BCUT2D eigenvalue weighted by molar-refractivity contribution is -0.384. The van der Waals surface area contributed by atoms with Crippen LogP contribution < -0.4 is 0 Å². The number of hydrogen-bond donors (Lipinski definition) is 1. The van der Waals surface area contributed by atoms with Crippen LogP contribution in [0.15, 0.2) is 24.3 Å². The van der Waals surface area contributed by atoms with Crippen molar-refractivity contribution < 1.29 is 24.4 Å². The predicted octanol–water partition coefficient (Wildman–Crippen LogP) is 2.43. The monoisotopic (exact) mass is 320 g/mol. The number of non-ortho nitro benzene ring substituents is 1. The van der Waals surface area contributed by atoms with Crippen LogP contribution >= 0.6 is 0 Å². The van der Waals surface area contributed by atoms with Crippen molar-refractivity contribution >= 4 is 17.7 Å². The number of benzene rings is 1. The minimum absolute atomic E-state index is 0.0886. The van der Waals surface area contributed by atoms with Gasteiger partial charge in [-0.2, -0.15) is 0 Å². The Balaban J connectivity index is 1.63. The number of nitro benzene ring substituents is 1. The van der Waals surface area contributed by atoms with Gasteiger partial charge in [-0.25, -0.2) is 9.59 Å². The second-order valence-corrected chi connectivity index (χ2v) is 5.88. The second kappa shape index (κ2) is 5.86. The Kier molecular flexibility index (Phi) is 3.89. The highest BCUT2D eigenvalue weighted by Crippen LogP contribution is 2.37. The number of rotatable bonds is 3. The Hall–Kier alpha value is -2.64. The summed E-state index contributed by atoms with van der Waals surface area (Å²) in [6.07, 6.45) is 1.36. The van der Waals surface area contributed by atoms with Crippen LogP contribution in [0.3, 0.4) is 0 Å². The molecule has 2 saturated heterocycles. The van der Waals surface area contributed by atoms with Gasteiger partial charge < -0.3 is 14.7 Å². The maximum atomic E-state index is 12.1. The van der Waals surface area contributed by atoms with E-state index in [1.165, 1.54) is 29.2 Å². The summed E-state index contributed by atoms with van der Waals surface area (Å²) in [5, 5.41) is 19.8. The van der Waals surface area contributed by atoms with Crippen molar-refractivity contribution in [1.29, 1.82) is 0 Å². The molecule has 122 valence electrons. The zero-order valence-corrected chi connectivity index (χ0v) is 12.3. The Bertz CT molecular complexity index is 630. The number of piperidine rings is 1. The van der Waals surface area contributed by atoms with Gasteiger partial charge in [-0.05, 0) is 25.0 Å². The molecule has 1 amide bonds. The fourth-order valence-electron chi connectivity index (χ4n) is 3.47. The lowest BCUT2D eigenvalue weighted by Crippen LogP contribution is -2.48. The summed E-state index contributed by atoms with van der Waals surface area (Å²) in [7, 11) is 0. The SMILES string of the molecule is O=C(OC1CC2CCC(C1)N2C(=O)O)c1ccc([N+](=O)[O-])cc1. The number of amides is 1. The highest BCUT2D eigenvalue weighted by molar-refractivity contribution is 5.89. The topological polar surface area (TPSA) is 110 Å². The van der Waals surface area contributed by atoms with Crippen molar-refractivity contribution in [2.75, 3.05) is 0 Å². The van der Waals surface area contributed by atoms with E-state index in [1.807, 2.05) is 0 Å². The zero-order valence-electron chi connectivity index (χ0n) is 12.3. The Morgan fingerprint density at radius 3 is 2.22 bits per heavy atom. The summed E-state index contributed by atoms with van der Waals surface area (Å²) in [6, 6.07) is 5.05. The highest BCUT2D eigenvalue weighted by Gasteiger charge is 2.44. The van der Waals surface area contributed by atoms with Gasteiger partial charge in [0.1, 0.15) is 6.10 Å². The largest absolute Gasteiger partial charge is 0.465 e. The molecule has 0 spiro atoms. The molecule has 2 aliphatic heterocycles. The number of ether oxygens (including phenoxy) is 1. The van der Waals surface area contributed by atoms with Gasteiger partial charge in [0.2, 0.25) is 0 Å². The zero-order chi connectivity index (χ0) is 16.6. The summed E-state index contributed by atoms with van der Waals surface area (Å²) < 4.78 is 5.46. The normalized spacial score (nSPS) is 25.9. The van der Waals surface area contributed by atoms with Crippen LogP contribution in [0.2, 0.25) is 0 Å². The molecule has 0 radical (unpaired) electrons. The number of nitrogens with zero attached hydrogens (tertiary/aromatic N) is 2. The maximum absolute atomic E-state index is 12.1. The quantitative estimate of drug-likeness (QED) is 0.520. The van der Waals surface area contributed by atoms with Crippen LogP contribution in [0.25, 0.3) is 0 Å². The predicted molar refractivity (Wildman–Crippen MR) is 78.2 cm³/mol. The molecule has 3 rings (SSSR count). The molecule has 23 heavy (non-hydrogen) atoms. The van der Waals surface area contributed by atoms with Gasteiger partial charge in [-0.3, -0.25) is 10.1 Å². The average molecular weight is 320 g/mol. The molecule has 2 bridgehead atoms. The molecule has 8 nitrogen and oxygen atoms in total. The Morgan fingerprint density at radius 2 is 1.74 bits per heavy atom. The molecule has 8 heteroatoms. The van der Waals surface area contributed by atoms with Gasteiger partial charge in [0.15, 0.2) is 0 Å². The minimum Gasteiger partial charge on any atom is -0.465 e. The third kappa shape index (κ3) is 2.96. The van der Waals surface area contributed by atoms with E-state index in [0.717, 1.165) is 12.8 Å². The standard InChI is InChI=1S/C15H16N2O6/c18-14(9-1-3-10(4-2-9)17(21)22)23-13-7-11-5-6-12(8-13)16(11)15(19)20/h1-4,11-13H,5-8H2,(H,19,20). The molecule has 2 aliphatic rings. The van der Waals surface area contributed by atoms with Crippen molar-refractivity contribution in [1.82, 2.24) is 4.90 Å². The lowest BCUT2D eigenvalue weighted by Gasteiger charge is -2.36. The molecule has 0 aliphatic carbocycles. The van der Waals surface area contributed by atoms with Crippen molar-refractivity contribution in [3.63, 3.8) is 0 Å². The van der Waals surface area contributed by atoms with Gasteiger partial charge in [0, 0.05) is 37.1 Å². The van der Waals surface area contributed by atoms with Crippen molar-refractivity contribution in [2.45, 2.75) is 43.9 Å². The molecule has 0 aromatic heterocycles. The summed E-state index contributed by atoms with van der Waals surface area (Å²) in [5.74, 6) is -0.534. The molecule has 0 saturated carbocycles. The highest BCUT2D eigenvalue weighted by atomic mass is 16.6. The summed E-state index contributed by atoms with van der Waals surface area (Å²) in [5.41, 5.74) is 0.165. The van der Waals surface area contributed by atoms with Crippen LogP contribution in [0.1, 0.15) is 36.0 Å². The van der Waals surface area contributed by atoms with Crippen LogP contribution in [0.4, 0.5) is 10.5 Å². The number of carboxylic acid groups (broad SMARTS) is 1. The summed E-state index contributed by atoms with van der Waals surface area (Å²) in [4.78, 5) is 34.9. The molecule has 1 aromatic rings. The second-order valence-electron chi connectivity index (χ2n) is 5.88. The first-order valence-electron chi connectivity index (χ1n) is 7.42. The Labute approximate surface area is 131 Å². The fourth-order valence-corrected chi connectivity index (χ4v) is 3.47. The van der Waals surface area contributed by atoms with E-state index in [-0.39, 0.29) is 29.4 Å². The van der Waals surface area contributed by atoms with Crippen molar-refractivity contribution in [3.05, 3.63) is 39.9 Å². The van der Waals surface area contributed by atoms with Gasteiger partial charge in [-0.1, -0.05) is 0 Å². The van der Waals surface area contributed by atoms with Crippen LogP contribution in [0.5, 0.6) is 0 Å². The molecule has 2 fully saturated rings. The molecule has 2 heterocycles. The molecule has 2 atom stereocenters. The first-order valence-corrected chi connectivity index (χ1v) is 7.42. The number of nitro groups is 1. The fraction of sp³-hybridized carbons (Fsp3) is 0.467. The van der Waals surface area contributed by atoms with E-state index < -0.39 is 17.0 Å². The van der Waals surface area contributed by atoms with E-state index in [4.69, 9.17) is 4.74 Å². The van der Waals surface area contributed by atoms with Crippen LogP contribution in [-0.4, -0.2) is 45.2 Å².